The average Bonchev–Trinajstić information content (AvgIpc) is 2.78. The van der Waals surface area contributed by atoms with Crippen molar-refractivity contribution in [2.24, 2.45) is 0 Å². The highest BCUT2D eigenvalue weighted by Gasteiger charge is 2.14. The van der Waals surface area contributed by atoms with Crippen LogP contribution in [-0.2, 0) is 0 Å². The first kappa shape index (κ1) is 15.3. The van der Waals surface area contributed by atoms with Crippen LogP contribution in [0.15, 0.2) is 34.7 Å². The monoisotopic (exact) mass is 287 g/mol. The summed E-state index contributed by atoms with van der Waals surface area (Å²) in [5, 5.41) is 12.9. The first-order valence-electron chi connectivity index (χ1n) is 7.07. The largest absolute Gasteiger partial charge is 0.466 e. The second-order valence-electron chi connectivity index (χ2n) is 5.29. The van der Waals surface area contributed by atoms with Gasteiger partial charge in [-0.05, 0) is 45.4 Å². The number of aliphatic hydroxyl groups is 1. The van der Waals surface area contributed by atoms with Gasteiger partial charge in [0.15, 0.2) is 0 Å². The molecule has 1 heterocycles. The lowest BCUT2D eigenvalue weighted by atomic mass is 10.1. The van der Waals surface area contributed by atoms with Crippen LogP contribution < -0.4 is 5.32 Å². The molecule has 0 saturated carbocycles. The number of furan rings is 1. The summed E-state index contributed by atoms with van der Waals surface area (Å²) < 4.78 is 5.40. The van der Waals surface area contributed by atoms with Gasteiger partial charge in [0.1, 0.15) is 11.5 Å². The van der Waals surface area contributed by atoms with Crippen molar-refractivity contribution in [3.05, 3.63) is 58.5 Å². The molecule has 0 bridgehead atoms. The molecule has 0 radical (unpaired) electrons. The Balaban J connectivity index is 1.85. The van der Waals surface area contributed by atoms with Crippen LogP contribution in [0.2, 0.25) is 0 Å². The van der Waals surface area contributed by atoms with E-state index in [1.54, 1.807) is 12.1 Å². The van der Waals surface area contributed by atoms with Gasteiger partial charge in [0.05, 0.1) is 6.10 Å². The molecule has 2 rings (SSSR count). The fourth-order valence-corrected chi connectivity index (χ4v) is 2.27. The average molecular weight is 287 g/mol. The van der Waals surface area contributed by atoms with Crippen LogP contribution >= 0.6 is 0 Å². The van der Waals surface area contributed by atoms with E-state index in [0.29, 0.717) is 18.5 Å². The first-order valence-corrected chi connectivity index (χ1v) is 7.07. The second-order valence-corrected chi connectivity index (χ2v) is 5.29. The first-order chi connectivity index (χ1) is 9.97. The fourth-order valence-electron chi connectivity index (χ4n) is 2.27. The van der Waals surface area contributed by atoms with E-state index in [-0.39, 0.29) is 5.91 Å². The van der Waals surface area contributed by atoms with Crippen LogP contribution in [-0.4, -0.2) is 17.6 Å². The predicted octanol–water partition coefficient (Wildman–Crippen LogP) is 3.06. The third kappa shape index (κ3) is 3.95. The molecular formula is C17H21NO3. The Hall–Kier alpha value is -2.07. The predicted molar refractivity (Wildman–Crippen MR) is 81.3 cm³/mol. The zero-order valence-electron chi connectivity index (χ0n) is 12.6. The molecule has 1 aromatic carbocycles. The fraction of sp³-hybridized carbons (Fsp3) is 0.353. The zero-order chi connectivity index (χ0) is 15.4. The summed E-state index contributed by atoms with van der Waals surface area (Å²) >= 11 is 0. The van der Waals surface area contributed by atoms with Gasteiger partial charge in [0.25, 0.3) is 5.91 Å². The molecule has 2 aromatic rings. The molecule has 1 atom stereocenters. The van der Waals surface area contributed by atoms with Crippen molar-refractivity contribution in [2.45, 2.75) is 33.3 Å². The van der Waals surface area contributed by atoms with E-state index < -0.39 is 6.10 Å². The summed E-state index contributed by atoms with van der Waals surface area (Å²) in [5.41, 5.74) is 2.54. The van der Waals surface area contributed by atoms with Crippen molar-refractivity contribution >= 4 is 5.91 Å². The van der Waals surface area contributed by atoms with Gasteiger partial charge in [0.2, 0.25) is 0 Å². The van der Waals surface area contributed by atoms with Crippen LogP contribution in [0.4, 0.5) is 0 Å². The van der Waals surface area contributed by atoms with Crippen LogP contribution in [0.5, 0.6) is 0 Å². The van der Waals surface area contributed by atoms with Crippen molar-refractivity contribution in [1.29, 1.82) is 0 Å². The minimum atomic E-state index is -0.624. The quantitative estimate of drug-likeness (QED) is 0.888. The number of aliphatic hydroxyl groups excluding tert-OH is 1. The smallest absolute Gasteiger partial charge is 0.251 e. The molecule has 0 fully saturated rings. The number of rotatable bonds is 5. The van der Waals surface area contributed by atoms with E-state index in [1.807, 2.05) is 39.0 Å². The maximum absolute atomic E-state index is 11.9. The maximum Gasteiger partial charge on any atom is 0.251 e. The van der Waals surface area contributed by atoms with E-state index in [9.17, 15) is 9.90 Å². The van der Waals surface area contributed by atoms with Crippen molar-refractivity contribution in [3.8, 4) is 0 Å². The van der Waals surface area contributed by atoms with Crippen molar-refractivity contribution in [1.82, 2.24) is 5.32 Å². The normalized spacial score (nSPS) is 12.2. The Kier molecular flexibility index (Phi) is 4.81. The molecule has 2 N–H and O–H groups in total. The Morgan fingerprint density at radius 3 is 2.48 bits per heavy atom. The van der Waals surface area contributed by atoms with Gasteiger partial charge in [-0.15, -0.1) is 0 Å². The third-order valence-electron chi connectivity index (χ3n) is 3.46. The molecule has 0 saturated heterocycles. The Bertz CT molecular complexity index is 613. The van der Waals surface area contributed by atoms with Gasteiger partial charge in [-0.1, -0.05) is 17.7 Å². The molecule has 1 unspecified atom stereocenters. The van der Waals surface area contributed by atoms with Gasteiger partial charge in [-0.2, -0.15) is 0 Å². The van der Waals surface area contributed by atoms with Crippen LogP contribution in [0.1, 0.15) is 45.5 Å². The van der Waals surface area contributed by atoms with Gasteiger partial charge >= 0.3 is 0 Å². The highest BCUT2D eigenvalue weighted by Crippen LogP contribution is 2.23. The lowest BCUT2D eigenvalue weighted by Crippen LogP contribution is -2.25. The number of amides is 1. The molecule has 0 aliphatic rings. The molecule has 1 amide bonds. The van der Waals surface area contributed by atoms with Gasteiger partial charge in [-0.3, -0.25) is 4.79 Å². The number of carbonyl (C=O) groups is 1. The van der Waals surface area contributed by atoms with E-state index >= 15 is 0 Å². The van der Waals surface area contributed by atoms with Gasteiger partial charge in [0, 0.05) is 17.7 Å². The summed E-state index contributed by atoms with van der Waals surface area (Å²) in [7, 11) is 0. The van der Waals surface area contributed by atoms with E-state index in [1.165, 1.54) is 0 Å². The van der Waals surface area contributed by atoms with Gasteiger partial charge in [-0.25, -0.2) is 0 Å². The molecule has 4 nitrogen and oxygen atoms in total. The molecular weight excluding hydrogens is 266 g/mol. The van der Waals surface area contributed by atoms with E-state index in [4.69, 9.17) is 4.42 Å². The topological polar surface area (TPSA) is 62.5 Å². The number of nitrogens with one attached hydrogen (secondary N) is 1. The second kappa shape index (κ2) is 6.59. The molecule has 21 heavy (non-hydrogen) atoms. The minimum Gasteiger partial charge on any atom is -0.466 e. The standard InChI is InChI=1S/C17H21NO3/c1-11-4-6-14(7-5-11)17(20)18-9-8-16(19)15-10-12(2)21-13(15)3/h4-7,10,16,19H,8-9H2,1-3H3,(H,18,20). The number of hydrogen-bond donors (Lipinski definition) is 2. The lowest BCUT2D eigenvalue weighted by molar-refractivity contribution is 0.0942. The molecule has 0 aliphatic carbocycles. The van der Waals surface area contributed by atoms with E-state index in [0.717, 1.165) is 22.6 Å². The highest BCUT2D eigenvalue weighted by atomic mass is 16.3. The Morgan fingerprint density at radius 1 is 1.24 bits per heavy atom. The van der Waals surface area contributed by atoms with Crippen molar-refractivity contribution in [3.63, 3.8) is 0 Å². The van der Waals surface area contributed by atoms with Crippen molar-refractivity contribution < 1.29 is 14.3 Å². The molecule has 0 spiro atoms. The minimum absolute atomic E-state index is 0.123. The van der Waals surface area contributed by atoms with Gasteiger partial charge < -0.3 is 14.8 Å². The highest BCUT2D eigenvalue weighted by molar-refractivity contribution is 5.94. The summed E-state index contributed by atoms with van der Waals surface area (Å²) in [5.74, 6) is 1.39. The molecule has 112 valence electrons. The van der Waals surface area contributed by atoms with Crippen LogP contribution in [0.25, 0.3) is 0 Å². The summed E-state index contributed by atoms with van der Waals surface area (Å²) in [4.78, 5) is 11.9. The SMILES string of the molecule is Cc1ccc(C(=O)NCCC(O)c2cc(C)oc2C)cc1. The number of benzene rings is 1. The summed E-state index contributed by atoms with van der Waals surface area (Å²) in [6.07, 6.45) is -0.169. The summed E-state index contributed by atoms with van der Waals surface area (Å²) in [6.45, 7) is 6.07. The summed E-state index contributed by atoms with van der Waals surface area (Å²) in [6, 6.07) is 9.24. The lowest BCUT2D eigenvalue weighted by Gasteiger charge is -2.10. The van der Waals surface area contributed by atoms with Crippen LogP contribution in [0.3, 0.4) is 0 Å². The molecule has 0 aliphatic heterocycles. The zero-order valence-corrected chi connectivity index (χ0v) is 12.6. The Morgan fingerprint density at radius 2 is 1.90 bits per heavy atom. The molecule has 1 aromatic heterocycles. The number of hydrogen-bond acceptors (Lipinski definition) is 3. The number of aryl methyl sites for hydroxylation is 3. The maximum atomic E-state index is 11.9. The Labute approximate surface area is 124 Å². The van der Waals surface area contributed by atoms with Crippen LogP contribution in [0, 0.1) is 20.8 Å². The van der Waals surface area contributed by atoms with E-state index in [2.05, 4.69) is 5.32 Å². The molecule has 4 heteroatoms. The van der Waals surface area contributed by atoms with Crippen molar-refractivity contribution in [2.75, 3.05) is 6.54 Å². The third-order valence-corrected chi connectivity index (χ3v) is 3.46. The number of carbonyl (C=O) groups excluding carboxylic acids is 1.